The Labute approximate surface area is 745 Å². The number of aliphatic hydroxyl groups excluding tert-OH is 1. The van der Waals surface area contributed by atoms with E-state index in [1.165, 1.54) is 54.7 Å². The van der Waals surface area contributed by atoms with Crippen LogP contribution >= 0.6 is 0 Å². The van der Waals surface area contributed by atoms with Gasteiger partial charge in [-0.2, -0.15) is 0 Å². The predicted octanol–water partition coefficient (Wildman–Crippen LogP) is -3.39. The van der Waals surface area contributed by atoms with Crippen LogP contribution in [0.5, 0.6) is 11.5 Å². The van der Waals surface area contributed by atoms with E-state index in [4.69, 9.17) is 26.4 Å². The number of ether oxygens (including phenoxy) is 2. The average Bonchev–Trinajstić information content (AvgIpc) is 1.78. The molecule has 10 rings (SSSR count). The largest absolute Gasteiger partial charge is 0.508 e. The number of aromatic nitrogens is 2. The predicted molar refractivity (Wildman–Crippen MR) is 463 cm³/mol. The van der Waals surface area contributed by atoms with Crippen LogP contribution in [0.2, 0.25) is 0 Å². The van der Waals surface area contributed by atoms with Crippen LogP contribution in [0.3, 0.4) is 0 Å². The Bertz CT molecular complexity index is 5140. The third-order valence-corrected chi connectivity index (χ3v) is 23.1. The monoisotopic (exact) mass is 1800 g/mol. The quantitative estimate of drug-likeness (QED) is 0.0122. The van der Waals surface area contributed by atoms with Gasteiger partial charge in [0.05, 0.1) is 19.1 Å². The van der Waals surface area contributed by atoms with Gasteiger partial charge in [-0.3, -0.25) is 82.1 Å². The topological polar surface area (TPSA) is 669 Å². The molecule has 43 heteroatoms. The number of aromatic amines is 2. The number of carbonyl (C=O) groups excluding carboxylic acids is 16. The van der Waals surface area contributed by atoms with Gasteiger partial charge in [0.25, 0.3) is 0 Å². The molecule has 16 atom stereocenters. The SMILES string of the molecule is CC[C@H](C)[C@H](NC(=O)[C@@H](N)Cc1ccc(O)cc1)C(=O)N[C@@H](CO)C(=O)N[C@@H]1C(=O)N[C@@H](CCCNC(=N)N)C(=O)N[C@H]2CCCCNC(=O)CC[C@@H](C(=O)N[C@@H](Cc3c[nH]c4ccccc34)C(=O)O)NC(=O)[C@@H]3CCC(=O)OC[C@H](NC(=O)[C@@H]4CCCN4C(=O)[C@H](Cc4ccc(O)cc4)NC2=O)C(=O)N[C@@H](CC(=O)O[C@@H]1C)C(=O)N[C@@H](Cc1c[nH]c2ccccc12)C(=O)N3. The first-order valence-electron chi connectivity index (χ1n) is 43.0. The van der Waals surface area contributed by atoms with Crippen LogP contribution in [-0.4, -0.2) is 265 Å². The first-order chi connectivity index (χ1) is 62.1. The second-order valence-electron chi connectivity index (χ2n) is 32.6. The van der Waals surface area contributed by atoms with E-state index in [2.05, 4.69) is 84.4 Å². The molecule has 6 heterocycles. The molecule has 14 amide bonds. The maximum absolute atomic E-state index is 15.7. The number of cyclic esters (lactones) is 1. The number of carboxylic acid groups (broad SMARTS) is 1. The number of nitrogens with two attached hydrogens (primary N) is 2. The van der Waals surface area contributed by atoms with Crippen molar-refractivity contribution in [3.05, 3.63) is 132 Å². The highest BCUT2D eigenvalue weighted by atomic mass is 16.5. The van der Waals surface area contributed by atoms with Gasteiger partial charge in [-0.25, -0.2) is 4.79 Å². The molecule has 4 bridgehead atoms. The van der Waals surface area contributed by atoms with Crippen LogP contribution in [0.4, 0.5) is 0 Å². The zero-order chi connectivity index (χ0) is 94.0. The number of carbonyl (C=O) groups is 17. The molecular weight excluding hydrogens is 1690 g/mol. The second-order valence-corrected chi connectivity index (χ2v) is 32.6. The minimum absolute atomic E-state index is 0.0146. The summed E-state index contributed by atoms with van der Waals surface area (Å²) in [6.07, 6.45) is -5.03. The lowest BCUT2D eigenvalue weighted by Crippen LogP contribution is -2.63. The molecule has 4 aliphatic heterocycles. The Balaban J connectivity index is 1.09. The highest BCUT2D eigenvalue weighted by Crippen LogP contribution is 2.26. The maximum atomic E-state index is 15.7. The summed E-state index contributed by atoms with van der Waals surface area (Å²) in [7, 11) is 0. The van der Waals surface area contributed by atoms with Crippen molar-refractivity contribution in [3.63, 3.8) is 0 Å². The molecule has 2 aromatic heterocycles. The number of H-pyrrole nitrogens is 2. The smallest absolute Gasteiger partial charge is 0.326 e. The third kappa shape index (κ3) is 27.4. The minimum atomic E-state index is -2.31. The fourth-order valence-corrected chi connectivity index (χ4v) is 15.6. The summed E-state index contributed by atoms with van der Waals surface area (Å²) in [6, 6.07) is -0.670. The van der Waals surface area contributed by atoms with E-state index in [-0.39, 0.29) is 95.3 Å². The zero-order valence-corrected chi connectivity index (χ0v) is 71.8. The lowest BCUT2D eigenvalue weighted by atomic mass is 9.97. The lowest BCUT2D eigenvalue weighted by molar-refractivity contribution is -0.154. The maximum Gasteiger partial charge on any atom is 0.326 e. The number of para-hydroxylation sites is 2. The number of aliphatic hydroxyl groups is 1. The van der Waals surface area contributed by atoms with E-state index in [0.717, 1.165) is 11.8 Å². The number of amides is 14. The summed E-state index contributed by atoms with van der Waals surface area (Å²) >= 11 is 0. The van der Waals surface area contributed by atoms with Crippen molar-refractivity contribution in [1.29, 1.82) is 5.41 Å². The van der Waals surface area contributed by atoms with Crippen molar-refractivity contribution < 1.29 is 111 Å². The number of nitrogens with one attached hydrogen (secondary N) is 17. The lowest BCUT2D eigenvalue weighted by Gasteiger charge is -2.31. The van der Waals surface area contributed by atoms with Gasteiger partial charge in [-0.05, 0) is 136 Å². The van der Waals surface area contributed by atoms with Crippen molar-refractivity contribution in [1.82, 2.24) is 89.3 Å². The minimum Gasteiger partial charge on any atom is -0.508 e. The second kappa shape index (κ2) is 46.5. The van der Waals surface area contributed by atoms with Crippen LogP contribution in [-0.2, 0) is 117 Å². The number of rotatable bonds is 24. The number of carboxylic acids is 1. The fraction of sp³-hybridized carbons (Fsp3) is 0.471. The third-order valence-electron chi connectivity index (χ3n) is 23.1. The number of aromatic hydroxyl groups is 2. The summed E-state index contributed by atoms with van der Waals surface area (Å²) in [5.41, 5.74) is 14.8. The van der Waals surface area contributed by atoms with Crippen molar-refractivity contribution in [2.45, 2.75) is 221 Å². The molecule has 0 spiro atoms. The Morgan fingerprint density at radius 2 is 1.18 bits per heavy atom. The van der Waals surface area contributed by atoms with E-state index in [9.17, 15) is 54.0 Å². The molecule has 698 valence electrons. The molecule has 0 aliphatic carbocycles. The van der Waals surface area contributed by atoms with Crippen molar-refractivity contribution in [2.24, 2.45) is 17.4 Å². The first-order valence-corrected chi connectivity index (χ1v) is 43.0. The first kappa shape index (κ1) is 97.9. The van der Waals surface area contributed by atoms with Crippen LogP contribution < -0.4 is 85.9 Å². The van der Waals surface area contributed by atoms with Gasteiger partial charge in [0.15, 0.2) is 5.96 Å². The Kier molecular flexibility index (Phi) is 35.0. The van der Waals surface area contributed by atoms with Crippen LogP contribution in [0.15, 0.2) is 109 Å². The molecule has 4 aromatic carbocycles. The molecule has 0 saturated carbocycles. The van der Waals surface area contributed by atoms with E-state index in [0.29, 0.717) is 44.1 Å². The zero-order valence-electron chi connectivity index (χ0n) is 71.8. The number of aliphatic carboxylic acids is 1. The summed E-state index contributed by atoms with van der Waals surface area (Å²) in [4.78, 5) is 261. The summed E-state index contributed by atoms with van der Waals surface area (Å²) in [5, 5.41) is 86.4. The van der Waals surface area contributed by atoms with E-state index in [1.807, 2.05) is 0 Å². The fourth-order valence-electron chi connectivity index (χ4n) is 15.6. The Hall–Kier alpha value is -14.3. The van der Waals surface area contributed by atoms with Crippen LogP contribution in [0, 0.1) is 11.3 Å². The molecule has 130 heavy (non-hydrogen) atoms. The molecule has 0 radical (unpaired) electrons. The van der Waals surface area contributed by atoms with Gasteiger partial charge in [-0.15, -0.1) is 0 Å². The van der Waals surface area contributed by atoms with Gasteiger partial charge in [0.2, 0.25) is 82.7 Å². The van der Waals surface area contributed by atoms with Gasteiger partial charge >= 0.3 is 17.9 Å². The summed E-state index contributed by atoms with van der Waals surface area (Å²) in [5.74, 6) is -21.7. The molecule has 43 nitrogen and oxygen atoms in total. The molecular formula is C87H112N20O23. The van der Waals surface area contributed by atoms with Crippen molar-refractivity contribution in [3.8, 4) is 11.5 Å². The van der Waals surface area contributed by atoms with Gasteiger partial charge < -0.3 is 131 Å². The van der Waals surface area contributed by atoms with E-state index >= 15 is 47.9 Å². The number of guanidine groups is 1. The Morgan fingerprint density at radius 1 is 0.585 bits per heavy atom. The highest BCUT2D eigenvalue weighted by molar-refractivity contribution is 6.02. The number of phenolic OH excluding ortho intramolecular Hbond substituents is 2. The Morgan fingerprint density at radius 3 is 1.84 bits per heavy atom. The molecule has 25 N–H and O–H groups in total. The molecule has 4 aliphatic rings. The normalized spacial score (nSPS) is 23.6. The van der Waals surface area contributed by atoms with Crippen LogP contribution in [0.25, 0.3) is 21.8 Å². The molecule has 4 fully saturated rings. The standard InChI is InChI=1S/C87H112N20O23/c1-4-44(2)71(105-73(114)54(88)35-46-20-24-50(109)25-21-46)83(124)103-65(42-108)80(121)106-72-45(3)130-70(113)39-62-79(120)99-61(37-48-40-93-55-15-7-5-13-52(48)55)78(119)97-60-29-31-69(112)129-43-66(81(122)100-62)104-82(123)67-19-12-34-107(67)85(126)63(36-47-22-26-51(110)27-23-47)101-75(116)57(95-74(115)58(98-84(72)125)18-11-33-92-87(89)90)17-9-10-32-91-68(111)30-28-59(96-76(60)117)77(118)102-64(86(127)128)38-49-41-94-56-16-8-6-14-53(49)56/h5-8,13-16,20-27,40-41,44-45,54,57-67,71-72,93-94,108-110H,4,9-12,17-19,28-39,42-43,88H2,1-3H3,(H,91,111)(H,95,115)(H,96,117)(H,97,119)(H,98,125)(H,99,120)(H,100,122)(H,101,116)(H,102,118)(H,103,124)(H,104,123)(H,105,114)(H,106,121)(H,127,128)(H4,89,90,92)/t44-,45+,54-,57-,58-,59-,60-,61-,62-,63-,64-,65-,66-,67-,71-,72-/m0/s1. The molecule has 0 unspecified atom stereocenters. The number of hydrogen-bond donors (Lipinski definition) is 23. The van der Waals surface area contributed by atoms with Gasteiger partial charge in [-0.1, -0.05) is 80.9 Å². The van der Waals surface area contributed by atoms with Crippen molar-refractivity contribution in [2.75, 3.05) is 32.8 Å². The van der Waals surface area contributed by atoms with Crippen LogP contribution in [0.1, 0.15) is 126 Å². The number of benzene rings is 4. The number of esters is 2. The number of hydrogen-bond acceptors (Lipinski definition) is 24. The summed E-state index contributed by atoms with van der Waals surface area (Å²) < 4.78 is 11.6. The summed E-state index contributed by atoms with van der Waals surface area (Å²) in [6.45, 7) is 1.42. The van der Waals surface area contributed by atoms with Gasteiger partial charge in [0.1, 0.15) is 103 Å². The number of phenols is 2. The van der Waals surface area contributed by atoms with Crippen molar-refractivity contribution >= 4 is 128 Å². The number of nitrogens with zero attached hydrogens (tertiary/aromatic N) is 1. The van der Waals surface area contributed by atoms with E-state index in [1.54, 1.807) is 68.6 Å². The number of fused-ring (bicyclic) bond motifs is 14. The molecule has 4 saturated heterocycles. The van der Waals surface area contributed by atoms with E-state index < -0.39 is 261 Å². The average molecular weight is 1810 g/mol. The molecule has 6 aromatic rings. The van der Waals surface area contributed by atoms with Gasteiger partial charge in [0, 0.05) is 85.9 Å². The highest BCUT2D eigenvalue weighted by Gasteiger charge is 2.44.